The van der Waals surface area contributed by atoms with E-state index in [0.29, 0.717) is 6.04 Å². The van der Waals surface area contributed by atoms with Crippen LogP contribution in [-0.2, 0) is 6.04 Å². The van der Waals surface area contributed by atoms with E-state index in [0.717, 1.165) is 5.56 Å². The van der Waals surface area contributed by atoms with Gasteiger partial charge in [-0.15, -0.1) is 22.2 Å². The van der Waals surface area contributed by atoms with Crippen LogP contribution in [0.25, 0.3) is 0 Å². The highest BCUT2D eigenvalue weighted by Gasteiger charge is 2.04. The van der Waals surface area contributed by atoms with Crippen LogP contribution in [0.4, 0.5) is 4.39 Å². The molecule has 1 radical (unpaired) electrons. The van der Waals surface area contributed by atoms with E-state index in [4.69, 9.17) is 22.2 Å². The molecule has 0 aliphatic heterocycles. The topological polar surface area (TPSA) is 0 Å². The fourth-order valence-electron chi connectivity index (χ4n) is 0.801. The Kier molecular flexibility index (Phi) is 3.36. The molecule has 0 unspecified atom stereocenters. The lowest BCUT2D eigenvalue weighted by Gasteiger charge is -1.98. The third-order valence-corrected chi connectivity index (χ3v) is 2.70. The highest BCUT2D eigenvalue weighted by atomic mass is 35.7. The van der Waals surface area contributed by atoms with Crippen molar-refractivity contribution in [3.63, 3.8) is 0 Å². The zero-order valence-electron chi connectivity index (χ0n) is 5.65. The zero-order valence-corrected chi connectivity index (χ0v) is 8.16. The van der Waals surface area contributed by atoms with Crippen LogP contribution in [-0.4, -0.2) is 7.42 Å². The minimum absolute atomic E-state index is 0.237. The van der Waals surface area contributed by atoms with Crippen molar-refractivity contribution in [2.45, 2.75) is 6.04 Å². The molecule has 0 fully saturated rings. The SMILES string of the molecule is Fc1cccc(C[Si](Cl)Cl)c1. The third kappa shape index (κ3) is 3.23. The smallest absolute Gasteiger partial charge is 0.207 e. The van der Waals surface area contributed by atoms with Crippen LogP contribution < -0.4 is 0 Å². The van der Waals surface area contributed by atoms with Gasteiger partial charge in [0.2, 0.25) is 0 Å². The second-order valence-electron chi connectivity index (χ2n) is 2.15. The van der Waals surface area contributed by atoms with Crippen LogP contribution in [0.3, 0.4) is 0 Å². The first-order valence-electron chi connectivity index (χ1n) is 3.10. The summed E-state index contributed by atoms with van der Waals surface area (Å²) >= 11 is 11.2. The van der Waals surface area contributed by atoms with Gasteiger partial charge in [0, 0.05) is 0 Å². The van der Waals surface area contributed by atoms with Crippen LogP contribution >= 0.6 is 22.2 Å². The van der Waals surface area contributed by atoms with E-state index < -0.39 is 7.42 Å². The molecule has 0 saturated heterocycles. The lowest BCUT2D eigenvalue weighted by Crippen LogP contribution is -1.99. The highest BCUT2D eigenvalue weighted by Crippen LogP contribution is 2.09. The number of benzene rings is 1. The van der Waals surface area contributed by atoms with Gasteiger partial charge in [-0.05, 0) is 23.7 Å². The molecule has 0 atom stereocenters. The Labute approximate surface area is 76.0 Å². The average Bonchev–Trinajstić information content (AvgIpc) is 1.85. The summed E-state index contributed by atoms with van der Waals surface area (Å²) in [6.07, 6.45) is 0. The monoisotopic (exact) mass is 207 g/mol. The van der Waals surface area contributed by atoms with E-state index in [1.54, 1.807) is 6.07 Å². The minimum Gasteiger partial charge on any atom is -0.207 e. The van der Waals surface area contributed by atoms with Crippen molar-refractivity contribution in [1.82, 2.24) is 0 Å². The van der Waals surface area contributed by atoms with Gasteiger partial charge in [-0.1, -0.05) is 12.1 Å². The molecular formula is C7H6Cl2FSi. The van der Waals surface area contributed by atoms with Gasteiger partial charge in [-0.2, -0.15) is 0 Å². The van der Waals surface area contributed by atoms with Gasteiger partial charge in [0.15, 0.2) is 0 Å². The first-order valence-corrected chi connectivity index (χ1v) is 6.83. The van der Waals surface area contributed by atoms with Crippen molar-refractivity contribution in [3.05, 3.63) is 35.6 Å². The molecule has 0 saturated carbocycles. The van der Waals surface area contributed by atoms with Crippen molar-refractivity contribution in [2.24, 2.45) is 0 Å². The Bertz CT molecular complexity index is 240. The Hall–Kier alpha value is -0.0531. The van der Waals surface area contributed by atoms with Gasteiger partial charge in [0.1, 0.15) is 5.82 Å². The van der Waals surface area contributed by atoms with Crippen molar-refractivity contribution < 1.29 is 4.39 Å². The van der Waals surface area contributed by atoms with E-state index in [-0.39, 0.29) is 5.82 Å². The summed E-state index contributed by atoms with van der Waals surface area (Å²) < 4.78 is 12.5. The maximum absolute atomic E-state index is 12.5. The van der Waals surface area contributed by atoms with Crippen molar-refractivity contribution >= 4 is 29.6 Å². The lowest BCUT2D eigenvalue weighted by molar-refractivity contribution is 0.626. The standard InChI is InChI=1S/C7H6Cl2FSi/c8-11(9)5-6-2-1-3-7(10)4-6/h1-4H,5H2. The maximum Gasteiger partial charge on any atom is 0.278 e. The van der Waals surface area contributed by atoms with E-state index in [9.17, 15) is 4.39 Å². The predicted molar refractivity (Wildman–Crippen MR) is 47.6 cm³/mol. The van der Waals surface area contributed by atoms with Gasteiger partial charge in [0.05, 0.1) is 0 Å². The number of hydrogen-bond acceptors (Lipinski definition) is 0. The molecule has 0 aliphatic rings. The Morgan fingerprint density at radius 3 is 2.64 bits per heavy atom. The molecule has 0 amide bonds. The fourth-order valence-corrected chi connectivity index (χ4v) is 2.26. The number of rotatable bonds is 2. The molecule has 0 nitrogen and oxygen atoms in total. The molecule has 0 heterocycles. The summed E-state index contributed by atoms with van der Waals surface area (Å²) in [4.78, 5) is 0. The van der Waals surface area contributed by atoms with Gasteiger partial charge >= 0.3 is 0 Å². The number of hydrogen-bond donors (Lipinski definition) is 0. The van der Waals surface area contributed by atoms with Gasteiger partial charge in [-0.3, -0.25) is 0 Å². The second kappa shape index (κ2) is 4.09. The Morgan fingerprint density at radius 2 is 2.09 bits per heavy atom. The maximum atomic E-state index is 12.5. The molecule has 1 aromatic rings. The molecular weight excluding hydrogens is 202 g/mol. The minimum atomic E-state index is -1.33. The van der Waals surface area contributed by atoms with Crippen molar-refractivity contribution in [3.8, 4) is 0 Å². The summed E-state index contributed by atoms with van der Waals surface area (Å²) in [5.74, 6) is -0.237. The molecule has 0 aromatic heterocycles. The molecule has 4 heteroatoms. The molecule has 0 bridgehead atoms. The Balaban J connectivity index is 2.71. The summed E-state index contributed by atoms with van der Waals surface area (Å²) in [7, 11) is -1.33. The predicted octanol–water partition coefficient (Wildman–Crippen LogP) is 2.87. The van der Waals surface area contributed by atoms with Crippen molar-refractivity contribution in [2.75, 3.05) is 0 Å². The van der Waals surface area contributed by atoms with Gasteiger partial charge in [0.25, 0.3) is 7.42 Å². The van der Waals surface area contributed by atoms with Crippen LogP contribution in [0.2, 0.25) is 0 Å². The fraction of sp³-hybridized carbons (Fsp3) is 0.143. The molecule has 0 aliphatic carbocycles. The molecule has 1 aromatic carbocycles. The summed E-state index contributed by atoms with van der Waals surface area (Å²) in [5, 5.41) is 0. The van der Waals surface area contributed by atoms with Crippen LogP contribution in [0, 0.1) is 5.82 Å². The molecule has 1 rings (SSSR count). The molecule has 59 valence electrons. The lowest BCUT2D eigenvalue weighted by atomic mass is 10.2. The molecule has 0 spiro atoms. The van der Waals surface area contributed by atoms with Crippen LogP contribution in [0.15, 0.2) is 24.3 Å². The van der Waals surface area contributed by atoms with E-state index >= 15 is 0 Å². The average molecular weight is 208 g/mol. The van der Waals surface area contributed by atoms with Crippen LogP contribution in [0.5, 0.6) is 0 Å². The number of halogens is 3. The van der Waals surface area contributed by atoms with Gasteiger partial charge in [-0.25, -0.2) is 4.39 Å². The second-order valence-corrected chi connectivity index (χ2v) is 6.49. The molecule has 0 N–H and O–H groups in total. The third-order valence-electron chi connectivity index (χ3n) is 1.23. The first-order chi connectivity index (χ1) is 5.18. The summed E-state index contributed by atoms with van der Waals surface area (Å²) in [6, 6.07) is 6.92. The van der Waals surface area contributed by atoms with E-state index in [1.807, 2.05) is 6.07 Å². The highest BCUT2D eigenvalue weighted by molar-refractivity contribution is 7.33. The van der Waals surface area contributed by atoms with E-state index in [2.05, 4.69) is 0 Å². The van der Waals surface area contributed by atoms with Crippen LogP contribution in [0.1, 0.15) is 5.56 Å². The quantitative estimate of drug-likeness (QED) is 0.517. The largest absolute Gasteiger partial charge is 0.278 e. The Morgan fingerprint density at radius 1 is 1.36 bits per heavy atom. The summed E-state index contributed by atoms with van der Waals surface area (Å²) in [6.45, 7) is 0. The van der Waals surface area contributed by atoms with E-state index in [1.165, 1.54) is 12.1 Å². The summed E-state index contributed by atoms with van der Waals surface area (Å²) in [5.41, 5.74) is 0.865. The zero-order chi connectivity index (χ0) is 8.27. The van der Waals surface area contributed by atoms with Gasteiger partial charge < -0.3 is 0 Å². The van der Waals surface area contributed by atoms with Crippen molar-refractivity contribution in [1.29, 1.82) is 0 Å². The first kappa shape index (κ1) is 9.04. The normalized spacial score (nSPS) is 10.5. The molecule has 11 heavy (non-hydrogen) atoms.